The molecular weight excluding hydrogens is 884 g/mol. The van der Waals surface area contributed by atoms with E-state index in [0.717, 1.165) is 18.4 Å². The number of rotatable bonds is 9. The highest BCUT2D eigenvalue weighted by atomic mass is 16.8. The summed E-state index contributed by atoms with van der Waals surface area (Å²) in [6, 6.07) is 0. The molecule has 8 rings (SSSR count). The quantitative estimate of drug-likeness (QED) is 0.101. The number of aliphatic hydroxyl groups excluding tert-OH is 10. The van der Waals surface area contributed by atoms with Gasteiger partial charge in [0.1, 0.15) is 54.9 Å². The third kappa shape index (κ3) is 7.60. The molecule has 26 atom stereocenters. The number of aliphatic hydroxyl groups is 10. The number of fused-ring (bicyclic) bond motifs is 7. The maximum Gasteiger partial charge on any atom is 0.335 e. The van der Waals surface area contributed by atoms with Crippen molar-refractivity contribution in [3.8, 4) is 0 Å². The lowest BCUT2D eigenvalue weighted by atomic mass is 9.33. The fraction of sp³-hybridized carbons (Fsp3) is 0.915. The third-order valence-electron chi connectivity index (χ3n) is 19.6. The number of carboxylic acids is 2. The van der Waals surface area contributed by atoms with Crippen LogP contribution in [-0.4, -0.2) is 191 Å². The molecule has 0 aromatic heterocycles. The summed E-state index contributed by atoms with van der Waals surface area (Å²) < 4.78 is 35.9. The summed E-state index contributed by atoms with van der Waals surface area (Å²) in [5, 5.41) is 130. The molecule has 0 radical (unpaired) electrons. The second-order valence-corrected chi connectivity index (χ2v) is 22.9. The van der Waals surface area contributed by atoms with Gasteiger partial charge in [0.25, 0.3) is 0 Å². The van der Waals surface area contributed by atoms with Crippen LogP contribution in [0.2, 0.25) is 0 Å². The molecule has 0 amide bonds. The van der Waals surface area contributed by atoms with Gasteiger partial charge in [0.05, 0.1) is 43.0 Å². The highest BCUT2D eigenvalue weighted by Crippen LogP contribution is 2.76. The molecule has 26 unspecified atom stereocenters. The SMILES string of the molecule is CC1OC(OC2C(OC3C(OC4CCC5(C)C(CCC6(C)C5CC=C5C7CC(C)(C(=O)O)C(O)C(O)C7(C)CCC56C)C4(C)CO)OC(C(=O)O)C(O)C3O)OCC(O)C2O)C(O)C(O)C1O. The first-order chi connectivity index (χ1) is 31.2. The molecule has 20 nitrogen and oxygen atoms in total. The van der Waals surface area contributed by atoms with Crippen LogP contribution < -0.4 is 0 Å². The second-order valence-electron chi connectivity index (χ2n) is 22.9. The van der Waals surface area contributed by atoms with Gasteiger partial charge in [-0.1, -0.05) is 46.3 Å². The number of carboxylic acid groups (broad SMARTS) is 2. The number of allylic oxidation sites excluding steroid dienone is 2. The van der Waals surface area contributed by atoms with E-state index in [9.17, 15) is 70.9 Å². The van der Waals surface area contributed by atoms with Crippen molar-refractivity contribution in [2.45, 2.75) is 204 Å². The summed E-state index contributed by atoms with van der Waals surface area (Å²) in [6.45, 7) is 12.8. The summed E-state index contributed by atoms with van der Waals surface area (Å²) >= 11 is 0. The van der Waals surface area contributed by atoms with E-state index in [1.54, 1.807) is 0 Å². The predicted octanol–water partition coefficient (Wildman–Crippen LogP) is -0.621. The molecule has 12 N–H and O–H groups in total. The van der Waals surface area contributed by atoms with Crippen LogP contribution in [0.5, 0.6) is 0 Å². The Kier molecular flexibility index (Phi) is 13.5. The lowest BCUT2D eigenvalue weighted by Crippen LogP contribution is -2.68. The molecule has 3 saturated heterocycles. The zero-order chi connectivity index (χ0) is 49.3. The van der Waals surface area contributed by atoms with Crippen LogP contribution in [0.25, 0.3) is 0 Å². The van der Waals surface area contributed by atoms with Crippen molar-refractivity contribution in [1.82, 2.24) is 0 Å². The van der Waals surface area contributed by atoms with Crippen LogP contribution >= 0.6 is 0 Å². The van der Waals surface area contributed by atoms with E-state index in [1.165, 1.54) is 13.8 Å². The Labute approximate surface area is 389 Å². The first kappa shape index (κ1) is 51.4. The molecular formula is C47H74O20. The van der Waals surface area contributed by atoms with E-state index in [2.05, 4.69) is 26.8 Å². The highest BCUT2D eigenvalue weighted by molar-refractivity contribution is 5.75. The van der Waals surface area contributed by atoms with Crippen LogP contribution in [0.1, 0.15) is 99.8 Å². The molecule has 0 aromatic rings. The molecule has 20 heteroatoms. The molecule has 4 saturated carbocycles. The van der Waals surface area contributed by atoms with Crippen molar-refractivity contribution < 1.29 is 99.3 Å². The van der Waals surface area contributed by atoms with Crippen LogP contribution in [0, 0.1) is 50.2 Å². The average molecular weight is 959 g/mol. The zero-order valence-electron chi connectivity index (χ0n) is 39.3. The highest BCUT2D eigenvalue weighted by Gasteiger charge is 2.71. The summed E-state index contributed by atoms with van der Waals surface area (Å²) in [5.74, 6) is -3.11. The van der Waals surface area contributed by atoms with Crippen molar-refractivity contribution in [1.29, 1.82) is 0 Å². The van der Waals surface area contributed by atoms with Gasteiger partial charge >= 0.3 is 11.9 Å². The van der Waals surface area contributed by atoms with Crippen molar-refractivity contribution >= 4 is 11.9 Å². The van der Waals surface area contributed by atoms with Gasteiger partial charge < -0.3 is 89.7 Å². The molecule has 7 fully saturated rings. The van der Waals surface area contributed by atoms with E-state index in [-0.39, 0.29) is 47.0 Å². The predicted molar refractivity (Wildman–Crippen MR) is 228 cm³/mol. The first-order valence-corrected chi connectivity index (χ1v) is 24.0. The maximum absolute atomic E-state index is 12.7. The molecule has 0 spiro atoms. The van der Waals surface area contributed by atoms with E-state index < -0.39 is 139 Å². The van der Waals surface area contributed by atoms with Gasteiger partial charge in [-0.15, -0.1) is 0 Å². The van der Waals surface area contributed by atoms with Gasteiger partial charge in [-0.2, -0.15) is 0 Å². The van der Waals surface area contributed by atoms with Crippen molar-refractivity contribution in [2.75, 3.05) is 13.2 Å². The van der Waals surface area contributed by atoms with E-state index in [0.29, 0.717) is 32.1 Å². The van der Waals surface area contributed by atoms with Crippen LogP contribution in [0.4, 0.5) is 0 Å². The van der Waals surface area contributed by atoms with Crippen LogP contribution in [0.3, 0.4) is 0 Å². The van der Waals surface area contributed by atoms with E-state index in [4.69, 9.17) is 28.4 Å². The van der Waals surface area contributed by atoms with E-state index >= 15 is 0 Å². The fourth-order valence-corrected chi connectivity index (χ4v) is 14.9. The lowest BCUT2D eigenvalue weighted by Gasteiger charge is -2.72. The topological polar surface area (TPSA) is 332 Å². The Balaban J connectivity index is 1.07. The molecule has 0 bridgehead atoms. The number of carbonyl (C=O) groups is 2. The number of ether oxygens (including phenoxy) is 6. The van der Waals surface area contributed by atoms with Gasteiger partial charge in [0.15, 0.2) is 25.0 Å². The second kappa shape index (κ2) is 17.7. The van der Waals surface area contributed by atoms with E-state index in [1.807, 2.05) is 13.8 Å². The van der Waals surface area contributed by atoms with Crippen LogP contribution in [0.15, 0.2) is 11.6 Å². The summed E-state index contributed by atoms with van der Waals surface area (Å²) in [4.78, 5) is 25.1. The molecule has 3 heterocycles. The lowest BCUT2D eigenvalue weighted by molar-refractivity contribution is -0.387. The molecule has 67 heavy (non-hydrogen) atoms. The average Bonchev–Trinajstić information content (AvgIpc) is 3.27. The number of hydrogen-bond donors (Lipinski definition) is 12. The fourth-order valence-electron chi connectivity index (χ4n) is 14.9. The Bertz CT molecular complexity index is 1900. The van der Waals surface area contributed by atoms with Crippen molar-refractivity contribution in [3.63, 3.8) is 0 Å². The molecule has 3 aliphatic heterocycles. The first-order valence-electron chi connectivity index (χ1n) is 24.0. The smallest absolute Gasteiger partial charge is 0.335 e. The Morgan fingerprint density at radius 3 is 1.99 bits per heavy atom. The van der Waals surface area contributed by atoms with Gasteiger partial charge in [-0.05, 0) is 99.2 Å². The Hall–Kier alpha value is -1.96. The molecule has 5 aliphatic carbocycles. The van der Waals surface area contributed by atoms with Crippen LogP contribution in [-0.2, 0) is 38.0 Å². The van der Waals surface area contributed by atoms with Crippen molar-refractivity contribution in [2.24, 2.45) is 50.2 Å². The summed E-state index contributed by atoms with van der Waals surface area (Å²) in [6.07, 6.45) is -20.7. The Morgan fingerprint density at radius 1 is 0.687 bits per heavy atom. The van der Waals surface area contributed by atoms with Gasteiger partial charge in [-0.25, -0.2) is 4.79 Å². The monoisotopic (exact) mass is 958 g/mol. The largest absolute Gasteiger partial charge is 0.481 e. The van der Waals surface area contributed by atoms with Gasteiger partial charge in [-0.3, -0.25) is 4.79 Å². The zero-order valence-corrected chi connectivity index (χ0v) is 39.3. The number of hydrogen-bond acceptors (Lipinski definition) is 18. The molecule has 382 valence electrons. The molecule has 8 aliphatic rings. The standard InChI is InChI=1S/C47H74O20/c1-19-26(50)28(52)31(55)38(63-19)66-33-27(51)22(49)17-62-39(33)67-34-30(54)29(53)32(37(58)59)65-40(34)64-25-11-12-43(3)23(45(25,5)18-48)10-13-47(7)24(43)9-8-20-21-16-44(4,41(60)61)36(57)35(56)42(21,2)14-15-46(20,47)6/h8,19,21-36,38-40,48-57H,9-18H2,1-7H3,(H,58,59)(H,60,61). The third-order valence-corrected chi connectivity index (χ3v) is 19.6. The summed E-state index contributed by atoms with van der Waals surface area (Å²) in [5.41, 5.74) is -3.18. The minimum atomic E-state index is -2.06. The van der Waals surface area contributed by atoms with Crippen molar-refractivity contribution in [3.05, 3.63) is 11.6 Å². The minimum absolute atomic E-state index is 0.0882. The minimum Gasteiger partial charge on any atom is -0.481 e. The van der Waals surface area contributed by atoms with Gasteiger partial charge in [0, 0.05) is 10.8 Å². The maximum atomic E-state index is 12.7. The molecule has 0 aromatic carbocycles. The Morgan fingerprint density at radius 2 is 1.34 bits per heavy atom. The van der Waals surface area contributed by atoms with Gasteiger partial charge in [0.2, 0.25) is 0 Å². The summed E-state index contributed by atoms with van der Waals surface area (Å²) in [7, 11) is 0. The normalized spacial score (nSPS) is 56.6. The number of aliphatic carboxylic acids is 2.